The lowest BCUT2D eigenvalue weighted by atomic mass is 10.4. The highest BCUT2D eigenvalue weighted by molar-refractivity contribution is 6.73. The first-order valence-electron chi connectivity index (χ1n) is 7.66. The highest BCUT2D eigenvalue weighted by Gasteiger charge is 2.32. The van der Waals surface area contributed by atoms with Crippen LogP contribution in [0.1, 0.15) is 66.2 Å². The summed E-state index contributed by atoms with van der Waals surface area (Å²) in [5.74, 6) is 0. The maximum atomic E-state index is 6.37. The fraction of sp³-hybridized carbons (Fsp3) is 0.933. The molecule has 0 fully saturated rings. The summed E-state index contributed by atoms with van der Waals surface area (Å²) >= 11 is 0. The largest absolute Gasteiger partial charge is 0.417 e. The van der Waals surface area contributed by atoms with Gasteiger partial charge in [-0.15, -0.1) is 0 Å². The van der Waals surface area contributed by atoms with Crippen LogP contribution in [0.25, 0.3) is 0 Å². The average Bonchev–Trinajstić information content (AvgIpc) is 2.37. The zero-order valence-corrected chi connectivity index (χ0v) is 13.6. The Morgan fingerprint density at radius 1 is 0.824 bits per heavy atom. The molecule has 2 heteroatoms. The topological polar surface area (TPSA) is 9.23 Å². The first kappa shape index (κ1) is 17.2. The molecule has 0 rings (SSSR count). The van der Waals surface area contributed by atoms with Crippen LogP contribution >= 0.6 is 0 Å². The van der Waals surface area contributed by atoms with E-state index in [4.69, 9.17) is 4.43 Å². The van der Waals surface area contributed by atoms with Crippen LogP contribution in [0.3, 0.4) is 0 Å². The van der Waals surface area contributed by atoms with Crippen molar-refractivity contribution in [2.24, 2.45) is 0 Å². The van der Waals surface area contributed by atoms with Crippen LogP contribution in [0.2, 0.25) is 18.1 Å². The average molecular weight is 258 g/mol. The molecule has 0 aromatic carbocycles. The van der Waals surface area contributed by atoms with Crippen molar-refractivity contribution in [3.63, 3.8) is 0 Å². The molecule has 1 radical (unpaired) electrons. The van der Waals surface area contributed by atoms with Crippen molar-refractivity contribution in [1.29, 1.82) is 0 Å². The third-order valence-corrected chi connectivity index (χ3v) is 8.09. The summed E-state index contributed by atoms with van der Waals surface area (Å²) in [6.45, 7) is 9.88. The molecule has 0 aliphatic heterocycles. The van der Waals surface area contributed by atoms with E-state index in [1.54, 1.807) is 0 Å². The van der Waals surface area contributed by atoms with E-state index in [0.29, 0.717) is 0 Å². The zero-order valence-electron chi connectivity index (χ0n) is 12.6. The van der Waals surface area contributed by atoms with Gasteiger partial charge in [-0.05, 0) is 24.6 Å². The molecular formula is C15H33OSi. The summed E-state index contributed by atoms with van der Waals surface area (Å²) in [4.78, 5) is 0. The van der Waals surface area contributed by atoms with E-state index in [2.05, 4.69) is 34.1 Å². The molecular weight excluding hydrogens is 224 g/mol. The molecule has 0 heterocycles. The molecule has 0 aromatic heterocycles. The summed E-state index contributed by atoms with van der Waals surface area (Å²) in [5, 5.41) is 0. The Morgan fingerprint density at radius 3 is 1.53 bits per heavy atom. The highest BCUT2D eigenvalue weighted by Crippen LogP contribution is 2.29. The minimum Gasteiger partial charge on any atom is -0.417 e. The molecule has 0 saturated carbocycles. The van der Waals surface area contributed by atoms with Crippen LogP contribution in [-0.2, 0) is 4.43 Å². The van der Waals surface area contributed by atoms with Crippen LogP contribution in [0.15, 0.2) is 0 Å². The minimum atomic E-state index is -1.41. The fourth-order valence-corrected chi connectivity index (χ4v) is 7.05. The molecule has 0 saturated heterocycles. The van der Waals surface area contributed by atoms with Crippen molar-refractivity contribution in [3.05, 3.63) is 6.42 Å². The van der Waals surface area contributed by atoms with E-state index in [1.165, 1.54) is 56.7 Å². The molecule has 0 amide bonds. The minimum absolute atomic E-state index is 0.878. The van der Waals surface area contributed by atoms with Crippen LogP contribution in [-0.4, -0.2) is 14.9 Å². The Hall–Kier alpha value is 0.177. The van der Waals surface area contributed by atoms with Gasteiger partial charge in [0.1, 0.15) is 0 Å². The monoisotopic (exact) mass is 257 g/mol. The number of rotatable bonds is 12. The van der Waals surface area contributed by atoms with Crippen molar-refractivity contribution in [2.75, 3.05) is 6.61 Å². The third-order valence-electron chi connectivity index (χ3n) is 3.51. The smallest absolute Gasteiger partial charge is 0.192 e. The van der Waals surface area contributed by atoms with E-state index >= 15 is 0 Å². The van der Waals surface area contributed by atoms with Crippen LogP contribution in [0, 0.1) is 6.42 Å². The van der Waals surface area contributed by atoms with Gasteiger partial charge in [0.25, 0.3) is 0 Å². The Balaban J connectivity index is 4.39. The molecule has 0 atom stereocenters. The van der Waals surface area contributed by atoms with E-state index in [1.807, 2.05) is 0 Å². The van der Waals surface area contributed by atoms with Gasteiger partial charge in [-0.2, -0.15) is 0 Å². The van der Waals surface area contributed by atoms with E-state index in [0.717, 1.165) is 6.61 Å². The van der Waals surface area contributed by atoms with E-state index in [9.17, 15) is 0 Å². The Kier molecular flexibility index (Phi) is 11.4. The molecule has 17 heavy (non-hydrogen) atoms. The van der Waals surface area contributed by atoms with Crippen molar-refractivity contribution in [1.82, 2.24) is 0 Å². The van der Waals surface area contributed by atoms with Crippen LogP contribution in [0.4, 0.5) is 0 Å². The lowest BCUT2D eigenvalue weighted by Crippen LogP contribution is -2.38. The number of hydrogen-bond acceptors (Lipinski definition) is 1. The first-order chi connectivity index (χ1) is 8.24. The Morgan fingerprint density at radius 2 is 1.24 bits per heavy atom. The first-order valence-corrected chi connectivity index (χ1v) is 10.2. The number of unbranched alkanes of at least 4 members (excludes halogenated alkanes) is 3. The second-order valence-corrected chi connectivity index (χ2v) is 9.37. The molecule has 1 nitrogen and oxygen atoms in total. The van der Waals surface area contributed by atoms with Gasteiger partial charge in [-0.3, -0.25) is 0 Å². The summed E-state index contributed by atoms with van der Waals surface area (Å²) in [5.41, 5.74) is 0. The lowest BCUT2D eigenvalue weighted by molar-refractivity contribution is 0.323. The molecule has 0 aliphatic rings. The van der Waals surface area contributed by atoms with Gasteiger partial charge in [0, 0.05) is 6.61 Å². The molecule has 0 bridgehead atoms. The molecule has 0 N–H and O–H groups in total. The fourth-order valence-electron chi connectivity index (χ4n) is 2.35. The SMILES string of the molecule is C[CH]CO[Si](CCCC)(CCCC)CCCC. The normalized spacial score (nSPS) is 12.0. The lowest BCUT2D eigenvalue weighted by Gasteiger charge is -2.31. The maximum absolute atomic E-state index is 6.37. The summed E-state index contributed by atoms with van der Waals surface area (Å²) in [7, 11) is -1.41. The van der Waals surface area contributed by atoms with Crippen molar-refractivity contribution < 1.29 is 4.43 Å². The maximum Gasteiger partial charge on any atom is 0.192 e. The quantitative estimate of drug-likeness (QED) is 0.415. The molecule has 0 aliphatic carbocycles. The van der Waals surface area contributed by atoms with Gasteiger partial charge in [0.05, 0.1) is 0 Å². The second kappa shape index (κ2) is 11.3. The van der Waals surface area contributed by atoms with Gasteiger partial charge < -0.3 is 4.43 Å². The van der Waals surface area contributed by atoms with Gasteiger partial charge >= 0.3 is 0 Å². The summed E-state index contributed by atoms with van der Waals surface area (Å²) < 4.78 is 6.37. The summed E-state index contributed by atoms with van der Waals surface area (Å²) in [6.07, 6.45) is 10.2. The predicted molar refractivity (Wildman–Crippen MR) is 80.8 cm³/mol. The standard InChI is InChI=1S/C15H33OSi/c1-5-9-13-17(14-10-6-2,15-11-7-3)16-12-8-4/h8H,5-7,9-15H2,1-4H3. The van der Waals surface area contributed by atoms with Gasteiger partial charge in [0.15, 0.2) is 8.32 Å². The molecule has 0 unspecified atom stereocenters. The van der Waals surface area contributed by atoms with E-state index < -0.39 is 8.32 Å². The molecule has 0 aromatic rings. The van der Waals surface area contributed by atoms with Crippen molar-refractivity contribution in [3.8, 4) is 0 Å². The predicted octanol–water partition coefficient (Wildman–Crippen LogP) is 5.57. The zero-order chi connectivity index (χ0) is 13.0. The van der Waals surface area contributed by atoms with Gasteiger partial charge in [-0.25, -0.2) is 0 Å². The van der Waals surface area contributed by atoms with Crippen molar-refractivity contribution in [2.45, 2.75) is 84.4 Å². The third kappa shape index (κ3) is 7.99. The van der Waals surface area contributed by atoms with Crippen LogP contribution in [0.5, 0.6) is 0 Å². The van der Waals surface area contributed by atoms with Gasteiger partial charge in [0.2, 0.25) is 0 Å². The number of hydrogen-bond donors (Lipinski definition) is 0. The van der Waals surface area contributed by atoms with Crippen LogP contribution < -0.4 is 0 Å². The summed E-state index contributed by atoms with van der Waals surface area (Å²) in [6, 6.07) is 4.16. The van der Waals surface area contributed by atoms with Crippen molar-refractivity contribution >= 4 is 8.32 Å². The molecule has 103 valence electrons. The highest BCUT2D eigenvalue weighted by atomic mass is 28.4. The molecule has 0 spiro atoms. The van der Waals surface area contributed by atoms with Gasteiger partial charge in [-0.1, -0.05) is 66.2 Å². The second-order valence-electron chi connectivity index (χ2n) is 5.21. The Bertz CT molecular complexity index is 121. The van der Waals surface area contributed by atoms with E-state index in [-0.39, 0.29) is 0 Å². The Labute approximate surface area is 110 Å².